The van der Waals surface area contributed by atoms with Crippen LogP contribution in [0.15, 0.2) is 18.3 Å². The molecule has 0 bridgehead atoms. The highest BCUT2D eigenvalue weighted by atomic mass is 35.5. The third-order valence-corrected chi connectivity index (χ3v) is 1.74. The van der Waals surface area contributed by atoms with Gasteiger partial charge in [0.1, 0.15) is 5.82 Å². The fourth-order valence-electron chi connectivity index (χ4n) is 0.894. The van der Waals surface area contributed by atoms with Crippen LogP contribution in [0.4, 0.5) is 14.6 Å². The van der Waals surface area contributed by atoms with Gasteiger partial charge in [0.05, 0.1) is 11.6 Å². The number of hydrogen-bond acceptors (Lipinski definition) is 2. The lowest BCUT2D eigenvalue weighted by Crippen LogP contribution is -2.24. The molecule has 0 atom stereocenters. The number of alkyl halides is 2. The van der Waals surface area contributed by atoms with E-state index in [2.05, 4.69) is 4.98 Å². The first-order valence-corrected chi connectivity index (χ1v) is 4.08. The second-order valence-corrected chi connectivity index (χ2v) is 3.04. The maximum Gasteiger partial charge on any atom is 0.255 e. The molecule has 0 aliphatic heterocycles. The van der Waals surface area contributed by atoms with Crippen molar-refractivity contribution in [2.75, 3.05) is 18.5 Å². The van der Waals surface area contributed by atoms with Crippen LogP contribution in [-0.4, -0.2) is 25.0 Å². The van der Waals surface area contributed by atoms with Crippen LogP contribution in [0, 0.1) is 0 Å². The largest absolute Gasteiger partial charge is 0.354 e. The van der Waals surface area contributed by atoms with E-state index in [1.54, 1.807) is 19.2 Å². The van der Waals surface area contributed by atoms with E-state index in [1.807, 2.05) is 0 Å². The highest BCUT2D eigenvalue weighted by molar-refractivity contribution is 6.30. The van der Waals surface area contributed by atoms with Crippen molar-refractivity contribution in [2.45, 2.75) is 6.43 Å². The Morgan fingerprint density at radius 3 is 2.69 bits per heavy atom. The van der Waals surface area contributed by atoms with E-state index in [0.717, 1.165) is 0 Å². The molecule has 0 saturated heterocycles. The number of aromatic nitrogens is 1. The van der Waals surface area contributed by atoms with Crippen LogP contribution >= 0.6 is 11.6 Å². The van der Waals surface area contributed by atoms with Gasteiger partial charge in [0.25, 0.3) is 6.43 Å². The predicted molar refractivity (Wildman–Crippen MR) is 48.5 cm³/mol. The molecule has 1 aromatic heterocycles. The Morgan fingerprint density at radius 2 is 2.23 bits per heavy atom. The molecule has 0 aliphatic rings. The molecule has 0 N–H and O–H groups in total. The SMILES string of the molecule is CN(CC(F)F)c1ccc(Cl)cn1. The minimum absolute atomic E-state index is 0.325. The number of anilines is 1. The molecule has 1 heterocycles. The minimum atomic E-state index is -2.36. The number of hydrogen-bond donors (Lipinski definition) is 0. The first kappa shape index (κ1) is 10.2. The summed E-state index contributed by atoms with van der Waals surface area (Å²) in [6.45, 7) is -0.325. The summed E-state index contributed by atoms with van der Waals surface area (Å²) >= 11 is 5.59. The Morgan fingerprint density at radius 1 is 1.54 bits per heavy atom. The molecule has 0 aliphatic carbocycles. The molecule has 0 spiro atoms. The van der Waals surface area contributed by atoms with Crippen molar-refractivity contribution < 1.29 is 8.78 Å². The van der Waals surface area contributed by atoms with Gasteiger partial charge >= 0.3 is 0 Å². The Labute approximate surface area is 80.1 Å². The molecular formula is C8H9ClF2N2. The van der Waals surface area contributed by atoms with E-state index in [4.69, 9.17) is 11.6 Å². The van der Waals surface area contributed by atoms with E-state index < -0.39 is 6.43 Å². The van der Waals surface area contributed by atoms with E-state index in [1.165, 1.54) is 11.1 Å². The molecule has 5 heteroatoms. The molecule has 13 heavy (non-hydrogen) atoms. The predicted octanol–water partition coefficient (Wildman–Crippen LogP) is 2.44. The highest BCUT2D eigenvalue weighted by Crippen LogP contribution is 2.13. The summed E-state index contributed by atoms with van der Waals surface area (Å²) in [6, 6.07) is 3.22. The molecule has 2 nitrogen and oxygen atoms in total. The van der Waals surface area contributed by atoms with E-state index in [0.29, 0.717) is 10.8 Å². The quantitative estimate of drug-likeness (QED) is 0.755. The van der Waals surface area contributed by atoms with Crippen LogP contribution in [0.3, 0.4) is 0 Å². The summed E-state index contributed by atoms with van der Waals surface area (Å²) in [5, 5.41) is 0.495. The lowest BCUT2D eigenvalue weighted by Gasteiger charge is -2.16. The van der Waals surface area contributed by atoms with Crippen LogP contribution in [0.5, 0.6) is 0 Å². The lowest BCUT2D eigenvalue weighted by atomic mass is 10.4. The van der Waals surface area contributed by atoms with Crippen molar-refractivity contribution >= 4 is 17.4 Å². The molecule has 1 aromatic rings. The van der Waals surface area contributed by atoms with Crippen LogP contribution < -0.4 is 4.90 Å². The first-order valence-electron chi connectivity index (χ1n) is 3.70. The lowest BCUT2D eigenvalue weighted by molar-refractivity contribution is 0.156. The summed E-state index contributed by atoms with van der Waals surface area (Å²) in [5.41, 5.74) is 0. The zero-order valence-corrected chi connectivity index (χ0v) is 7.80. The molecule has 0 unspecified atom stereocenters. The molecule has 1 rings (SSSR count). The fourth-order valence-corrected chi connectivity index (χ4v) is 1.01. The van der Waals surface area contributed by atoms with Crippen LogP contribution in [0.25, 0.3) is 0 Å². The van der Waals surface area contributed by atoms with Gasteiger partial charge in [-0.1, -0.05) is 11.6 Å². The van der Waals surface area contributed by atoms with Crippen LogP contribution in [0.2, 0.25) is 5.02 Å². The number of nitrogens with zero attached hydrogens (tertiary/aromatic N) is 2. The summed E-state index contributed by atoms with van der Waals surface area (Å²) in [7, 11) is 1.56. The number of halogens is 3. The van der Waals surface area contributed by atoms with Gasteiger partial charge in [-0.2, -0.15) is 0 Å². The van der Waals surface area contributed by atoms with Crippen molar-refractivity contribution in [1.82, 2.24) is 4.98 Å². The van der Waals surface area contributed by atoms with E-state index >= 15 is 0 Å². The van der Waals surface area contributed by atoms with Crippen molar-refractivity contribution in [3.63, 3.8) is 0 Å². The average molecular weight is 207 g/mol. The van der Waals surface area contributed by atoms with Crippen LogP contribution in [-0.2, 0) is 0 Å². The zero-order valence-electron chi connectivity index (χ0n) is 7.04. The normalized spacial score (nSPS) is 10.5. The number of pyridine rings is 1. The Kier molecular flexibility index (Phi) is 3.42. The summed E-state index contributed by atoms with van der Waals surface area (Å²) < 4.78 is 23.9. The van der Waals surface area contributed by atoms with Gasteiger partial charge in [-0.25, -0.2) is 13.8 Å². The third kappa shape index (κ3) is 3.14. The van der Waals surface area contributed by atoms with Crippen LogP contribution in [0.1, 0.15) is 0 Å². The highest BCUT2D eigenvalue weighted by Gasteiger charge is 2.08. The van der Waals surface area contributed by atoms with Gasteiger partial charge < -0.3 is 4.90 Å². The summed E-state index contributed by atoms with van der Waals surface area (Å²) in [5.74, 6) is 0.490. The van der Waals surface area contributed by atoms with Crippen molar-refractivity contribution in [3.8, 4) is 0 Å². The molecule has 0 fully saturated rings. The molecule has 0 radical (unpaired) electrons. The van der Waals surface area contributed by atoms with Gasteiger partial charge in [-0.3, -0.25) is 0 Å². The topological polar surface area (TPSA) is 16.1 Å². The smallest absolute Gasteiger partial charge is 0.255 e. The molecular weight excluding hydrogens is 198 g/mol. The summed E-state index contributed by atoms with van der Waals surface area (Å²) in [4.78, 5) is 5.27. The van der Waals surface area contributed by atoms with Gasteiger partial charge in [0.2, 0.25) is 0 Å². The third-order valence-electron chi connectivity index (χ3n) is 1.51. The van der Waals surface area contributed by atoms with Crippen molar-refractivity contribution in [1.29, 1.82) is 0 Å². The average Bonchev–Trinajstić information content (AvgIpc) is 2.04. The molecule has 0 saturated carbocycles. The second-order valence-electron chi connectivity index (χ2n) is 2.61. The van der Waals surface area contributed by atoms with Gasteiger partial charge in [0, 0.05) is 13.2 Å². The minimum Gasteiger partial charge on any atom is -0.354 e. The van der Waals surface area contributed by atoms with E-state index in [9.17, 15) is 8.78 Å². The van der Waals surface area contributed by atoms with E-state index in [-0.39, 0.29) is 6.54 Å². The standard InChI is InChI=1S/C8H9ClF2N2/c1-13(5-7(10)11)8-3-2-6(9)4-12-8/h2-4,7H,5H2,1H3. The van der Waals surface area contributed by atoms with Gasteiger partial charge in [-0.15, -0.1) is 0 Å². The molecule has 0 amide bonds. The number of rotatable bonds is 3. The Bertz CT molecular complexity index is 263. The Hall–Kier alpha value is -0.900. The zero-order chi connectivity index (χ0) is 9.84. The van der Waals surface area contributed by atoms with Crippen molar-refractivity contribution in [2.24, 2.45) is 0 Å². The summed E-state index contributed by atoms with van der Waals surface area (Å²) in [6.07, 6.45) is -0.929. The first-order chi connectivity index (χ1) is 6.09. The van der Waals surface area contributed by atoms with Gasteiger partial charge in [0.15, 0.2) is 0 Å². The van der Waals surface area contributed by atoms with Gasteiger partial charge in [-0.05, 0) is 12.1 Å². The second kappa shape index (κ2) is 4.37. The monoisotopic (exact) mass is 206 g/mol. The maximum absolute atomic E-state index is 12.0. The fraction of sp³-hybridized carbons (Fsp3) is 0.375. The van der Waals surface area contributed by atoms with Crippen molar-refractivity contribution in [3.05, 3.63) is 23.4 Å². The maximum atomic E-state index is 12.0. The Balaban J connectivity index is 2.66. The molecule has 0 aromatic carbocycles. The molecule has 72 valence electrons.